The fraction of sp³-hybridized carbons (Fsp3) is 0.800. The van der Waals surface area contributed by atoms with Gasteiger partial charge in [-0.3, -0.25) is 5.10 Å². The van der Waals surface area contributed by atoms with Crippen molar-refractivity contribution in [1.82, 2.24) is 14.8 Å². The molecule has 1 aliphatic rings. The van der Waals surface area contributed by atoms with E-state index in [1.54, 1.807) is 0 Å². The highest BCUT2D eigenvalue weighted by Crippen LogP contribution is 2.28. The molecule has 0 radical (unpaired) electrons. The number of nitrogens with zero attached hydrogens (tertiary/aromatic N) is 2. The Morgan fingerprint density at radius 2 is 2.13 bits per heavy atom. The number of rotatable bonds is 3. The Morgan fingerprint density at radius 1 is 1.40 bits per heavy atom. The largest absolute Gasteiger partial charge is 0.330 e. The summed E-state index contributed by atoms with van der Waals surface area (Å²) in [7, 11) is 0. The van der Waals surface area contributed by atoms with E-state index in [1.807, 2.05) is 0 Å². The van der Waals surface area contributed by atoms with Crippen LogP contribution in [0.3, 0.4) is 0 Å². The van der Waals surface area contributed by atoms with Crippen LogP contribution < -0.4 is 5.73 Å². The van der Waals surface area contributed by atoms with Crippen LogP contribution in [0.25, 0.3) is 0 Å². The molecule has 1 aromatic heterocycles. The maximum atomic E-state index is 5.57. The maximum absolute atomic E-state index is 5.57. The molecule has 1 fully saturated rings. The molecule has 3 N–H and O–H groups in total. The third kappa shape index (κ3) is 2.29. The van der Waals surface area contributed by atoms with Crippen molar-refractivity contribution < 1.29 is 0 Å². The molecule has 1 saturated carbocycles. The van der Waals surface area contributed by atoms with Crippen LogP contribution in [0.2, 0.25) is 0 Å². The monoisotopic (exact) mass is 226 g/mol. The van der Waals surface area contributed by atoms with Crippen molar-refractivity contribution in [3.05, 3.63) is 10.6 Å². The van der Waals surface area contributed by atoms with E-state index in [1.165, 1.54) is 32.1 Å². The normalized spacial score (nSPS) is 18.2. The van der Waals surface area contributed by atoms with Crippen LogP contribution in [-0.4, -0.2) is 21.3 Å². The Labute approximate surface area is 94.9 Å². The molecule has 0 spiro atoms. The lowest BCUT2D eigenvalue weighted by atomic mass is 9.95. The Morgan fingerprint density at radius 3 is 2.80 bits per heavy atom. The van der Waals surface area contributed by atoms with Gasteiger partial charge in [-0.15, -0.1) is 0 Å². The van der Waals surface area contributed by atoms with E-state index in [9.17, 15) is 0 Å². The Kier molecular flexibility index (Phi) is 3.53. The Hall–Kier alpha value is -0.680. The lowest BCUT2D eigenvalue weighted by Crippen LogP contribution is -2.17. The summed E-state index contributed by atoms with van der Waals surface area (Å²) in [6.45, 7) is 0.631. The Balaban J connectivity index is 2.24. The van der Waals surface area contributed by atoms with Crippen LogP contribution in [0.15, 0.2) is 0 Å². The number of aromatic nitrogens is 3. The molecule has 0 aromatic carbocycles. The van der Waals surface area contributed by atoms with Crippen LogP contribution in [0.4, 0.5) is 0 Å². The van der Waals surface area contributed by atoms with E-state index >= 15 is 0 Å². The summed E-state index contributed by atoms with van der Waals surface area (Å²) in [6, 6.07) is 0.548. The molecular formula is C10H18N4S. The van der Waals surface area contributed by atoms with Crippen LogP contribution in [0.1, 0.15) is 44.0 Å². The fourth-order valence-corrected chi connectivity index (χ4v) is 2.66. The van der Waals surface area contributed by atoms with Gasteiger partial charge in [0.15, 0.2) is 4.77 Å². The summed E-state index contributed by atoms with van der Waals surface area (Å²) >= 11 is 5.27. The quantitative estimate of drug-likeness (QED) is 0.774. The Bertz CT molecular complexity index is 362. The van der Waals surface area contributed by atoms with E-state index in [-0.39, 0.29) is 0 Å². The minimum absolute atomic E-state index is 0.548. The molecule has 1 aliphatic carbocycles. The van der Waals surface area contributed by atoms with Gasteiger partial charge in [0.2, 0.25) is 0 Å². The van der Waals surface area contributed by atoms with Gasteiger partial charge >= 0.3 is 0 Å². The van der Waals surface area contributed by atoms with Gasteiger partial charge in [-0.1, -0.05) is 19.3 Å². The topological polar surface area (TPSA) is 59.6 Å². The fourth-order valence-electron chi connectivity index (χ4n) is 2.36. The maximum Gasteiger partial charge on any atom is 0.195 e. The third-order valence-electron chi connectivity index (χ3n) is 3.09. The van der Waals surface area contributed by atoms with E-state index in [2.05, 4.69) is 14.8 Å². The van der Waals surface area contributed by atoms with E-state index in [0.29, 0.717) is 12.6 Å². The van der Waals surface area contributed by atoms with Crippen molar-refractivity contribution >= 4 is 12.2 Å². The highest BCUT2D eigenvalue weighted by molar-refractivity contribution is 7.71. The zero-order valence-corrected chi connectivity index (χ0v) is 9.72. The van der Waals surface area contributed by atoms with Crippen LogP contribution in [0, 0.1) is 4.77 Å². The average Bonchev–Trinajstić information content (AvgIpc) is 2.62. The number of nitrogens with two attached hydrogens (primary N) is 1. The van der Waals surface area contributed by atoms with Gasteiger partial charge in [-0.25, -0.2) is 0 Å². The van der Waals surface area contributed by atoms with Crippen LogP contribution in [0.5, 0.6) is 0 Å². The molecule has 0 bridgehead atoms. The minimum Gasteiger partial charge on any atom is -0.330 e. The van der Waals surface area contributed by atoms with Gasteiger partial charge in [0, 0.05) is 12.5 Å². The van der Waals surface area contributed by atoms with Gasteiger partial charge in [0.25, 0.3) is 0 Å². The van der Waals surface area contributed by atoms with Crippen molar-refractivity contribution in [2.24, 2.45) is 5.73 Å². The molecule has 0 aliphatic heterocycles. The third-order valence-corrected chi connectivity index (χ3v) is 3.37. The molecule has 0 amide bonds. The summed E-state index contributed by atoms with van der Waals surface area (Å²) in [4.78, 5) is 0. The predicted octanol–water partition coefficient (Wildman–Crippen LogP) is 1.95. The van der Waals surface area contributed by atoms with E-state index in [4.69, 9.17) is 18.0 Å². The molecule has 0 unspecified atom stereocenters. The van der Waals surface area contributed by atoms with Crippen molar-refractivity contribution in [2.75, 3.05) is 6.54 Å². The molecular weight excluding hydrogens is 208 g/mol. The summed E-state index contributed by atoms with van der Waals surface area (Å²) in [5, 5.41) is 7.13. The lowest BCUT2D eigenvalue weighted by molar-refractivity contribution is 0.343. The lowest BCUT2D eigenvalue weighted by Gasteiger charge is -2.23. The molecule has 4 nitrogen and oxygen atoms in total. The first-order chi connectivity index (χ1) is 7.33. The number of aromatic amines is 1. The smallest absolute Gasteiger partial charge is 0.195 e. The van der Waals surface area contributed by atoms with Crippen molar-refractivity contribution in [3.8, 4) is 0 Å². The molecule has 84 valence electrons. The summed E-state index contributed by atoms with van der Waals surface area (Å²) < 4.78 is 2.94. The number of hydrogen-bond donors (Lipinski definition) is 2. The van der Waals surface area contributed by atoms with Crippen molar-refractivity contribution in [3.63, 3.8) is 0 Å². The summed E-state index contributed by atoms with van der Waals surface area (Å²) in [5.41, 5.74) is 5.57. The molecule has 1 heterocycles. The average molecular weight is 226 g/mol. The van der Waals surface area contributed by atoms with Gasteiger partial charge in [0.05, 0.1) is 0 Å². The molecule has 1 aromatic rings. The second-order valence-corrected chi connectivity index (χ2v) is 4.53. The molecule has 15 heavy (non-hydrogen) atoms. The first-order valence-corrected chi connectivity index (χ1v) is 6.09. The van der Waals surface area contributed by atoms with Crippen molar-refractivity contribution in [2.45, 2.75) is 44.6 Å². The second kappa shape index (κ2) is 4.90. The summed E-state index contributed by atoms with van der Waals surface area (Å²) in [6.07, 6.45) is 7.23. The molecule has 2 rings (SSSR count). The summed E-state index contributed by atoms with van der Waals surface area (Å²) in [5.74, 6) is 1.02. The van der Waals surface area contributed by atoms with Crippen molar-refractivity contribution in [1.29, 1.82) is 0 Å². The van der Waals surface area contributed by atoms with Crippen LogP contribution in [-0.2, 0) is 6.42 Å². The van der Waals surface area contributed by atoms with E-state index in [0.717, 1.165) is 17.0 Å². The second-order valence-electron chi connectivity index (χ2n) is 4.15. The standard InChI is InChI=1S/C10H18N4S/c11-7-6-9-12-13-10(15)14(9)8-4-2-1-3-5-8/h8H,1-7,11H2,(H,13,15). The molecule has 0 atom stereocenters. The predicted molar refractivity (Wildman–Crippen MR) is 62.3 cm³/mol. The van der Waals surface area contributed by atoms with Gasteiger partial charge in [0.1, 0.15) is 5.82 Å². The zero-order chi connectivity index (χ0) is 10.7. The highest BCUT2D eigenvalue weighted by Gasteiger charge is 2.19. The number of nitrogens with one attached hydrogen (secondary N) is 1. The number of H-pyrrole nitrogens is 1. The first kappa shape index (κ1) is 10.8. The highest BCUT2D eigenvalue weighted by atomic mass is 32.1. The first-order valence-electron chi connectivity index (χ1n) is 5.69. The van der Waals surface area contributed by atoms with Crippen LogP contribution >= 0.6 is 12.2 Å². The van der Waals surface area contributed by atoms with E-state index < -0.39 is 0 Å². The number of hydrogen-bond acceptors (Lipinski definition) is 3. The van der Waals surface area contributed by atoms with Gasteiger partial charge < -0.3 is 10.3 Å². The van der Waals surface area contributed by atoms with Gasteiger partial charge in [-0.2, -0.15) is 5.10 Å². The molecule has 5 heteroatoms. The SMILES string of the molecule is NCCc1n[nH]c(=S)n1C1CCCCC1. The molecule has 0 saturated heterocycles. The van der Waals surface area contributed by atoms with Gasteiger partial charge in [-0.05, 0) is 31.6 Å². The minimum atomic E-state index is 0.548. The zero-order valence-electron chi connectivity index (χ0n) is 8.91.